The standard InChI is InChI=1S/C21H33N3O2/c1-18-21(25)22-10-14-24(18)17-19-8-7-9-20(16-19)26-15-6-5-13-23-11-3-2-4-12-23/h7-9,16,18H,2-6,10-15,17H2,1H3,(H,22,25). The number of piperazine rings is 1. The summed E-state index contributed by atoms with van der Waals surface area (Å²) in [6, 6.07) is 8.24. The van der Waals surface area contributed by atoms with Gasteiger partial charge in [0.15, 0.2) is 0 Å². The third-order valence-electron chi connectivity index (χ3n) is 5.50. The Morgan fingerprint density at radius 2 is 2.00 bits per heavy atom. The summed E-state index contributed by atoms with van der Waals surface area (Å²) in [5, 5.41) is 2.91. The first-order valence-electron chi connectivity index (χ1n) is 10.2. The first-order valence-corrected chi connectivity index (χ1v) is 10.2. The maximum absolute atomic E-state index is 11.8. The van der Waals surface area contributed by atoms with Crippen molar-refractivity contribution in [1.82, 2.24) is 15.1 Å². The van der Waals surface area contributed by atoms with Crippen molar-refractivity contribution in [2.45, 2.75) is 51.6 Å². The number of carbonyl (C=O) groups is 1. The van der Waals surface area contributed by atoms with Gasteiger partial charge in [0.1, 0.15) is 5.75 Å². The van der Waals surface area contributed by atoms with Crippen molar-refractivity contribution in [2.24, 2.45) is 0 Å². The van der Waals surface area contributed by atoms with Gasteiger partial charge in [-0.3, -0.25) is 9.69 Å². The van der Waals surface area contributed by atoms with E-state index in [0.717, 1.165) is 38.4 Å². The zero-order valence-corrected chi connectivity index (χ0v) is 16.1. The number of ether oxygens (including phenoxy) is 1. The van der Waals surface area contributed by atoms with E-state index in [0.29, 0.717) is 0 Å². The van der Waals surface area contributed by atoms with E-state index >= 15 is 0 Å². The zero-order valence-electron chi connectivity index (χ0n) is 16.1. The van der Waals surface area contributed by atoms with E-state index in [9.17, 15) is 4.79 Å². The Hall–Kier alpha value is -1.59. The average Bonchev–Trinajstić information content (AvgIpc) is 2.66. The second-order valence-electron chi connectivity index (χ2n) is 7.54. The number of amides is 1. The van der Waals surface area contributed by atoms with Crippen molar-refractivity contribution in [3.05, 3.63) is 29.8 Å². The predicted molar refractivity (Wildman–Crippen MR) is 104 cm³/mol. The first kappa shape index (κ1) is 19.2. The monoisotopic (exact) mass is 359 g/mol. The van der Waals surface area contributed by atoms with E-state index in [4.69, 9.17) is 4.74 Å². The zero-order chi connectivity index (χ0) is 18.2. The lowest BCUT2D eigenvalue weighted by Gasteiger charge is -2.32. The molecule has 0 aromatic heterocycles. The molecular formula is C21H33N3O2. The fourth-order valence-corrected chi connectivity index (χ4v) is 3.82. The number of nitrogens with zero attached hydrogens (tertiary/aromatic N) is 2. The third-order valence-corrected chi connectivity index (χ3v) is 5.50. The van der Waals surface area contributed by atoms with Crippen LogP contribution in [-0.2, 0) is 11.3 Å². The highest BCUT2D eigenvalue weighted by Gasteiger charge is 2.25. The van der Waals surface area contributed by atoms with Gasteiger partial charge in [0.25, 0.3) is 0 Å². The number of carbonyl (C=O) groups excluding carboxylic acids is 1. The molecule has 0 radical (unpaired) electrons. The molecule has 5 heteroatoms. The molecule has 0 saturated carbocycles. The molecule has 1 aromatic rings. The SMILES string of the molecule is CC1C(=O)NCCN1Cc1cccc(OCCCCN2CCCCC2)c1. The summed E-state index contributed by atoms with van der Waals surface area (Å²) >= 11 is 0. The van der Waals surface area contributed by atoms with Gasteiger partial charge in [-0.1, -0.05) is 18.6 Å². The van der Waals surface area contributed by atoms with E-state index in [1.807, 2.05) is 19.1 Å². The number of likely N-dealkylation sites (tertiary alicyclic amines) is 1. The first-order chi connectivity index (χ1) is 12.7. The molecule has 0 bridgehead atoms. The molecule has 2 fully saturated rings. The highest BCUT2D eigenvalue weighted by Crippen LogP contribution is 2.17. The highest BCUT2D eigenvalue weighted by atomic mass is 16.5. The van der Waals surface area contributed by atoms with Crippen molar-refractivity contribution >= 4 is 5.91 Å². The number of piperidine rings is 1. The molecular weight excluding hydrogens is 326 g/mol. The molecule has 1 atom stereocenters. The second kappa shape index (κ2) is 9.93. The van der Waals surface area contributed by atoms with Gasteiger partial charge >= 0.3 is 0 Å². The molecule has 144 valence electrons. The molecule has 0 aliphatic carbocycles. The van der Waals surface area contributed by atoms with Crippen molar-refractivity contribution in [2.75, 3.05) is 39.3 Å². The molecule has 26 heavy (non-hydrogen) atoms. The number of rotatable bonds is 8. The van der Waals surface area contributed by atoms with Gasteiger partial charge in [-0.15, -0.1) is 0 Å². The van der Waals surface area contributed by atoms with Crippen LogP contribution in [0.2, 0.25) is 0 Å². The second-order valence-corrected chi connectivity index (χ2v) is 7.54. The molecule has 1 amide bonds. The van der Waals surface area contributed by atoms with Crippen LogP contribution in [0.4, 0.5) is 0 Å². The molecule has 1 unspecified atom stereocenters. The Bertz CT molecular complexity index is 572. The lowest BCUT2D eigenvalue weighted by molar-refractivity contribution is -0.128. The van der Waals surface area contributed by atoms with Gasteiger partial charge in [-0.05, 0) is 69.9 Å². The Morgan fingerprint density at radius 1 is 1.15 bits per heavy atom. The number of nitrogens with one attached hydrogen (secondary N) is 1. The van der Waals surface area contributed by atoms with Crippen molar-refractivity contribution in [1.29, 1.82) is 0 Å². The number of benzene rings is 1. The third kappa shape index (κ3) is 5.71. The van der Waals surface area contributed by atoms with Crippen LogP contribution in [-0.4, -0.2) is 61.1 Å². The van der Waals surface area contributed by atoms with E-state index < -0.39 is 0 Å². The lowest BCUT2D eigenvalue weighted by atomic mass is 10.1. The quantitative estimate of drug-likeness (QED) is 0.725. The van der Waals surface area contributed by atoms with Crippen LogP contribution in [0, 0.1) is 0 Å². The Labute approximate surface area is 157 Å². The predicted octanol–water partition coefficient (Wildman–Crippen LogP) is 2.65. The molecule has 2 heterocycles. The molecule has 3 rings (SSSR count). The Balaban J connectivity index is 1.39. The average molecular weight is 360 g/mol. The van der Waals surface area contributed by atoms with Gasteiger partial charge in [-0.25, -0.2) is 0 Å². The molecule has 0 spiro atoms. The van der Waals surface area contributed by atoms with Crippen LogP contribution in [0.25, 0.3) is 0 Å². The van der Waals surface area contributed by atoms with E-state index in [2.05, 4.69) is 27.2 Å². The fraction of sp³-hybridized carbons (Fsp3) is 0.667. The molecule has 1 aromatic carbocycles. The Morgan fingerprint density at radius 3 is 2.85 bits per heavy atom. The molecule has 2 saturated heterocycles. The highest BCUT2D eigenvalue weighted by molar-refractivity contribution is 5.81. The van der Waals surface area contributed by atoms with Crippen LogP contribution >= 0.6 is 0 Å². The molecule has 1 N–H and O–H groups in total. The number of unbranched alkanes of at least 4 members (excludes halogenated alkanes) is 1. The summed E-state index contributed by atoms with van der Waals surface area (Å²) in [6.45, 7) is 8.92. The van der Waals surface area contributed by atoms with Crippen LogP contribution in [0.3, 0.4) is 0 Å². The smallest absolute Gasteiger partial charge is 0.237 e. The topological polar surface area (TPSA) is 44.8 Å². The van der Waals surface area contributed by atoms with Gasteiger partial charge < -0.3 is 15.0 Å². The minimum Gasteiger partial charge on any atom is -0.494 e. The summed E-state index contributed by atoms with van der Waals surface area (Å²) in [5.74, 6) is 1.06. The van der Waals surface area contributed by atoms with Crippen molar-refractivity contribution < 1.29 is 9.53 Å². The molecule has 2 aliphatic heterocycles. The van der Waals surface area contributed by atoms with Gasteiger partial charge in [0, 0.05) is 19.6 Å². The largest absolute Gasteiger partial charge is 0.494 e. The number of hydrogen-bond acceptors (Lipinski definition) is 4. The van der Waals surface area contributed by atoms with E-state index in [1.165, 1.54) is 50.9 Å². The molecule has 2 aliphatic rings. The van der Waals surface area contributed by atoms with Crippen molar-refractivity contribution in [3.8, 4) is 5.75 Å². The van der Waals surface area contributed by atoms with Crippen LogP contribution in [0.5, 0.6) is 5.75 Å². The van der Waals surface area contributed by atoms with Crippen LogP contribution in [0.1, 0.15) is 44.6 Å². The summed E-state index contributed by atoms with van der Waals surface area (Å²) in [6.07, 6.45) is 6.43. The minimum absolute atomic E-state index is 0.0666. The van der Waals surface area contributed by atoms with Crippen LogP contribution < -0.4 is 10.1 Å². The van der Waals surface area contributed by atoms with Crippen molar-refractivity contribution in [3.63, 3.8) is 0 Å². The summed E-state index contributed by atoms with van der Waals surface area (Å²) < 4.78 is 5.96. The number of hydrogen-bond donors (Lipinski definition) is 1. The fourth-order valence-electron chi connectivity index (χ4n) is 3.82. The van der Waals surface area contributed by atoms with E-state index in [-0.39, 0.29) is 11.9 Å². The minimum atomic E-state index is -0.0666. The maximum Gasteiger partial charge on any atom is 0.237 e. The van der Waals surface area contributed by atoms with Gasteiger partial charge in [-0.2, -0.15) is 0 Å². The Kier molecular flexibility index (Phi) is 7.32. The summed E-state index contributed by atoms with van der Waals surface area (Å²) in [7, 11) is 0. The van der Waals surface area contributed by atoms with Gasteiger partial charge in [0.05, 0.1) is 12.6 Å². The summed E-state index contributed by atoms with van der Waals surface area (Å²) in [5.41, 5.74) is 1.21. The molecule has 5 nitrogen and oxygen atoms in total. The lowest BCUT2D eigenvalue weighted by Crippen LogP contribution is -2.53. The summed E-state index contributed by atoms with van der Waals surface area (Å²) in [4.78, 5) is 16.6. The normalized spacial score (nSPS) is 22.2. The van der Waals surface area contributed by atoms with E-state index in [1.54, 1.807) is 0 Å². The maximum atomic E-state index is 11.8. The van der Waals surface area contributed by atoms with Gasteiger partial charge in [0.2, 0.25) is 5.91 Å². The van der Waals surface area contributed by atoms with Crippen LogP contribution in [0.15, 0.2) is 24.3 Å².